The number of hydrogen-bond donors (Lipinski definition) is 0. The number of aldehydes is 1. The van der Waals surface area contributed by atoms with Gasteiger partial charge >= 0.3 is 0 Å². The Balaban J connectivity index is 1.71. The van der Waals surface area contributed by atoms with Gasteiger partial charge in [-0.3, -0.25) is 0 Å². The Labute approximate surface area is 135 Å². The van der Waals surface area contributed by atoms with Crippen LogP contribution in [0.2, 0.25) is 0 Å². The molecule has 2 bridgehead atoms. The van der Waals surface area contributed by atoms with E-state index in [0.717, 1.165) is 24.2 Å². The van der Waals surface area contributed by atoms with Crippen molar-refractivity contribution in [3.63, 3.8) is 0 Å². The molecular formula is C21H32O. The second kappa shape index (κ2) is 4.71. The van der Waals surface area contributed by atoms with Crippen LogP contribution >= 0.6 is 0 Å². The predicted octanol–water partition coefficient (Wildman–Crippen LogP) is 5.54. The van der Waals surface area contributed by atoms with Crippen LogP contribution in [0, 0.1) is 34.0 Å². The van der Waals surface area contributed by atoms with E-state index in [1.54, 1.807) is 5.57 Å². The minimum Gasteiger partial charge on any atom is -0.303 e. The van der Waals surface area contributed by atoms with E-state index in [-0.39, 0.29) is 5.41 Å². The average Bonchev–Trinajstić information content (AvgIpc) is 2.68. The van der Waals surface area contributed by atoms with Crippen molar-refractivity contribution in [3.05, 3.63) is 12.2 Å². The van der Waals surface area contributed by atoms with E-state index in [4.69, 9.17) is 0 Å². The molecule has 22 heavy (non-hydrogen) atoms. The van der Waals surface area contributed by atoms with E-state index < -0.39 is 0 Å². The van der Waals surface area contributed by atoms with Crippen molar-refractivity contribution >= 4 is 6.29 Å². The standard InChI is InChI=1S/C21H32O/c1-15-13-21-10-7-17-19(2,11-12-22)8-4-9-20(17,3)18(21)6-5-16(15)14-21/h12,16-18H,1,4-11,13-14H2,2-3H3/t16-,17+,18+,19?,20+,21-/m1/s1. The Morgan fingerprint density at radius 1 is 1.14 bits per heavy atom. The summed E-state index contributed by atoms with van der Waals surface area (Å²) in [7, 11) is 0. The minimum absolute atomic E-state index is 0.267. The van der Waals surface area contributed by atoms with Gasteiger partial charge in [0.25, 0.3) is 0 Å². The fourth-order valence-corrected chi connectivity index (χ4v) is 7.92. The number of rotatable bonds is 2. The molecule has 6 atom stereocenters. The summed E-state index contributed by atoms with van der Waals surface area (Å²) in [6, 6.07) is 0. The van der Waals surface area contributed by atoms with Gasteiger partial charge in [-0.25, -0.2) is 0 Å². The smallest absolute Gasteiger partial charge is 0.120 e. The van der Waals surface area contributed by atoms with Crippen molar-refractivity contribution in [1.29, 1.82) is 0 Å². The summed E-state index contributed by atoms with van der Waals surface area (Å²) < 4.78 is 0. The molecule has 4 saturated carbocycles. The lowest BCUT2D eigenvalue weighted by molar-refractivity contribution is -0.152. The van der Waals surface area contributed by atoms with Crippen molar-refractivity contribution in [2.24, 2.45) is 34.0 Å². The molecule has 0 aromatic rings. The maximum Gasteiger partial charge on any atom is 0.120 e. The fraction of sp³-hybridized carbons (Fsp3) is 0.857. The molecule has 0 amide bonds. The van der Waals surface area contributed by atoms with Gasteiger partial charge in [0.1, 0.15) is 6.29 Å². The van der Waals surface area contributed by atoms with Gasteiger partial charge in [-0.2, -0.15) is 0 Å². The molecule has 122 valence electrons. The lowest BCUT2D eigenvalue weighted by Crippen LogP contribution is -2.56. The molecule has 0 heterocycles. The maximum absolute atomic E-state index is 11.3. The Kier molecular flexibility index (Phi) is 3.20. The van der Waals surface area contributed by atoms with E-state index in [1.165, 1.54) is 64.1 Å². The molecule has 0 N–H and O–H groups in total. The fourth-order valence-electron chi connectivity index (χ4n) is 7.92. The molecule has 0 aliphatic heterocycles. The number of carbonyl (C=O) groups excluding carboxylic acids is 1. The summed E-state index contributed by atoms with van der Waals surface area (Å²) in [4.78, 5) is 11.3. The first-order valence-corrected chi connectivity index (χ1v) is 9.55. The summed E-state index contributed by atoms with van der Waals surface area (Å²) in [5.74, 6) is 2.49. The molecule has 1 unspecified atom stereocenters. The monoisotopic (exact) mass is 300 g/mol. The van der Waals surface area contributed by atoms with Crippen LogP contribution in [0.25, 0.3) is 0 Å². The first-order valence-electron chi connectivity index (χ1n) is 9.55. The number of hydrogen-bond acceptors (Lipinski definition) is 1. The highest BCUT2D eigenvalue weighted by Gasteiger charge is 2.63. The van der Waals surface area contributed by atoms with Crippen LogP contribution in [0.5, 0.6) is 0 Å². The highest BCUT2D eigenvalue weighted by atomic mass is 16.1. The van der Waals surface area contributed by atoms with Gasteiger partial charge in [-0.15, -0.1) is 0 Å². The van der Waals surface area contributed by atoms with Crippen molar-refractivity contribution in [3.8, 4) is 0 Å². The zero-order valence-electron chi connectivity index (χ0n) is 14.5. The SMILES string of the molecule is C=C1C[C@@]23CC[C@H]4C(C)(CC=O)CCC[C@]4(C)[C@@H]2CC[C@@H]1C3. The molecule has 1 heteroatoms. The molecular weight excluding hydrogens is 268 g/mol. The molecule has 0 radical (unpaired) electrons. The van der Waals surface area contributed by atoms with Crippen molar-refractivity contribution in [2.45, 2.75) is 78.1 Å². The van der Waals surface area contributed by atoms with Crippen molar-refractivity contribution in [2.75, 3.05) is 0 Å². The lowest BCUT2D eigenvalue weighted by atomic mass is 9.40. The van der Waals surface area contributed by atoms with Gasteiger partial charge < -0.3 is 4.79 Å². The number of fused-ring (bicyclic) bond motifs is 3. The van der Waals surface area contributed by atoms with Crippen LogP contribution in [-0.4, -0.2) is 6.29 Å². The quantitative estimate of drug-likeness (QED) is 0.483. The second-order valence-corrected chi connectivity index (χ2v) is 9.70. The van der Waals surface area contributed by atoms with Gasteiger partial charge in [-0.05, 0) is 85.4 Å². The largest absolute Gasteiger partial charge is 0.303 e. The molecule has 4 fully saturated rings. The predicted molar refractivity (Wildman–Crippen MR) is 90.5 cm³/mol. The van der Waals surface area contributed by atoms with Crippen LogP contribution in [0.4, 0.5) is 0 Å². The van der Waals surface area contributed by atoms with Crippen LogP contribution in [0.15, 0.2) is 12.2 Å². The third-order valence-corrected chi connectivity index (χ3v) is 8.73. The van der Waals surface area contributed by atoms with Gasteiger partial charge in [0, 0.05) is 6.42 Å². The van der Waals surface area contributed by atoms with Gasteiger partial charge in [0.05, 0.1) is 0 Å². The topological polar surface area (TPSA) is 17.1 Å². The third kappa shape index (κ3) is 1.80. The molecule has 0 saturated heterocycles. The Morgan fingerprint density at radius 2 is 1.95 bits per heavy atom. The normalized spacial score (nSPS) is 53.7. The van der Waals surface area contributed by atoms with E-state index in [0.29, 0.717) is 10.8 Å². The Bertz CT molecular complexity index is 508. The van der Waals surface area contributed by atoms with Crippen LogP contribution in [0.3, 0.4) is 0 Å². The third-order valence-electron chi connectivity index (χ3n) is 8.73. The van der Waals surface area contributed by atoms with Crippen LogP contribution in [-0.2, 0) is 4.79 Å². The van der Waals surface area contributed by atoms with E-state index in [2.05, 4.69) is 20.4 Å². The highest BCUT2D eigenvalue weighted by Crippen LogP contribution is 2.72. The second-order valence-electron chi connectivity index (χ2n) is 9.70. The van der Waals surface area contributed by atoms with E-state index >= 15 is 0 Å². The number of carbonyl (C=O) groups is 1. The minimum atomic E-state index is 0.267. The van der Waals surface area contributed by atoms with Gasteiger partial charge in [0.2, 0.25) is 0 Å². The van der Waals surface area contributed by atoms with Crippen molar-refractivity contribution < 1.29 is 4.79 Å². The molecule has 1 nitrogen and oxygen atoms in total. The molecule has 0 aromatic carbocycles. The summed E-state index contributed by atoms with van der Waals surface area (Å²) >= 11 is 0. The summed E-state index contributed by atoms with van der Waals surface area (Å²) in [6.07, 6.45) is 14.3. The van der Waals surface area contributed by atoms with E-state index in [9.17, 15) is 4.79 Å². The van der Waals surface area contributed by atoms with Gasteiger partial charge in [0.15, 0.2) is 0 Å². The molecule has 4 aliphatic carbocycles. The van der Waals surface area contributed by atoms with Gasteiger partial charge in [-0.1, -0.05) is 32.4 Å². The molecule has 4 rings (SSSR count). The van der Waals surface area contributed by atoms with Crippen molar-refractivity contribution in [1.82, 2.24) is 0 Å². The summed E-state index contributed by atoms with van der Waals surface area (Å²) in [6.45, 7) is 9.44. The van der Waals surface area contributed by atoms with Crippen LogP contribution in [0.1, 0.15) is 78.1 Å². The van der Waals surface area contributed by atoms with Crippen LogP contribution < -0.4 is 0 Å². The number of allylic oxidation sites excluding steroid dienone is 1. The Morgan fingerprint density at radius 3 is 2.73 bits per heavy atom. The average molecular weight is 300 g/mol. The van der Waals surface area contributed by atoms with E-state index in [1.807, 2.05) is 0 Å². The summed E-state index contributed by atoms with van der Waals surface area (Å²) in [5, 5.41) is 0. The zero-order valence-corrected chi connectivity index (χ0v) is 14.5. The lowest BCUT2D eigenvalue weighted by Gasteiger charge is -2.64. The highest BCUT2D eigenvalue weighted by molar-refractivity contribution is 5.51. The molecule has 1 spiro atoms. The zero-order chi connectivity index (χ0) is 15.6. The molecule has 0 aromatic heterocycles. The molecule has 4 aliphatic rings. The Hall–Kier alpha value is -0.590. The first kappa shape index (κ1) is 15.0. The maximum atomic E-state index is 11.3. The summed E-state index contributed by atoms with van der Waals surface area (Å²) in [5.41, 5.74) is 2.90. The first-order chi connectivity index (χ1) is 10.4.